The van der Waals surface area contributed by atoms with Crippen LogP contribution in [0.1, 0.15) is 49.3 Å². The number of imidazole rings is 1. The molecule has 2 fully saturated rings. The maximum absolute atomic E-state index is 12.0. The Morgan fingerprint density at radius 2 is 2.04 bits per heavy atom. The van der Waals surface area contributed by atoms with Gasteiger partial charge in [-0.2, -0.15) is 0 Å². The van der Waals surface area contributed by atoms with Crippen molar-refractivity contribution >= 4 is 5.91 Å². The summed E-state index contributed by atoms with van der Waals surface area (Å²) in [6.07, 6.45) is 9.91. The molecule has 0 spiro atoms. The van der Waals surface area contributed by atoms with Crippen LogP contribution in [0.5, 0.6) is 0 Å². The summed E-state index contributed by atoms with van der Waals surface area (Å²) in [7, 11) is 1.81. The van der Waals surface area contributed by atoms with Crippen molar-refractivity contribution in [1.82, 2.24) is 34.5 Å². The molecule has 0 unspecified atom stereocenters. The predicted octanol–water partition coefficient (Wildman–Crippen LogP) is 0.783. The van der Waals surface area contributed by atoms with Crippen LogP contribution in [0.4, 0.5) is 0 Å². The molecule has 8 heteroatoms. The van der Waals surface area contributed by atoms with E-state index in [2.05, 4.69) is 25.1 Å². The van der Waals surface area contributed by atoms with Crippen molar-refractivity contribution in [2.45, 2.75) is 44.2 Å². The number of amides is 1. The second-order valence-corrected chi connectivity index (χ2v) is 7.00. The number of rotatable bonds is 6. The molecular formula is C17H25N7O. The molecule has 2 aliphatic rings. The molecule has 4 rings (SSSR count). The van der Waals surface area contributed by atoms with E-state index in [1.54, 1.807) is 6.20 Å². The van der Waals surface area contributed by atoms with Gasteiger partial charge in [-0.25, -0.2) is 4.98 Å². The van der Waals surface area contributed by atoms with Crippen LogP contribution in [0, 0.1) is 0 Å². The van der Waals surface area contributed by atoms with Crippen LogP contribution < -0.4 is 5.32 Å². The summed E-state index contributed by atoms with van der Waals surface area (Å²) >= 11 is 0. The molecule has 2 aromatic rings. The number of piperidine rings is 1. The third kappa shape index (κ3) is 3.44. The van der Waals surface area contributed by atoms with E-state index in [-0.39, 0.29) is 5.91 Å². The molecule has 0 radical (unpaired) electrons. The van der Waals surface area contributed by atoms with Gasteiger partial charge in [0.05, 0.1) is 19.4 Å². The zero-order chi connectivity index (χ0) is 17.2. The lowest BCUT2D eigenvalue weighted by molar-refractivity contribution is -0.131. The monoisotopic (exact) mass is 343 g/mol. The number of likely N-dealkylation sites (tertiary alicyclic amines) is 1. The lowest BCUT2D eigenvalue weighted by Gasteiger charge is -2.31. The highest BCUT2D eigenvalue weighted by atomic mass is 16.2. The summed E-state index contributed by atoms with van der Waals surface area (Å²) in [5.41, 5.74) is 0. The van der Waals surface area contributed by atoms with Crippen LogP contribution in [0.3, 0.4) is 0 Å². The van der Waals surface area contributed by atoms with Crippen molar-refractivity contribution in [3.05, 3.63) is 30.4 Å². The van der Waals surface area contributed by atoms with Crippen molar-refractivity contribution in [1.29, 1.82) is 0 Å². The van der Waals surface area contributed by atoms with Gasteiger partial charge in [0.15, 0.2) is 5.82 Å². The fourth-order valence-corrected chi connectivity index (χ4v) is 3.65. The second-order valence-electron chi connectivity index (χ2n) is 7.00. The van der Waals surface area contributed by atoms with Crippen molar-refractivity contribution < 1.29 is 4.79 Å². The first-order valence-corrected chi connectivity index (χ1v) is 9.08. The number of nitrogens with zero attached hydrogens (tertiary/aromatic N) is 6. The van der Waals surface area contributed by atoms with Crippen LogP contribution in [0.25, 0.3) is 0 Å². The van der Waals surface area contributed by atoms with Gasteiger partial charge in [-0.3, -0.25) is 4.79 Å². The van der Waals surface area contributed by atoms with Crippen LogP contribution in [-0.2, 0) is 11.3 Å². The Bertz CT molecular complexity index is 711. The molecule has 134 valence electrons. The Balaban J connectivity index is 1.48. The molecule has 1 N–H and O–H groups in total. The number of carbonyl (C=O) groups excluding carboxylic acids is 1. The average molecular weight is 343 g/mol. The molecule has 1 amide bonds. The molecule has 1 aliphatic heterocycles. The summed E-state index contributed by atoms with van der Waals surface area (Å²) in [5.74, 6) is 2.70. The fraction of sp³-hybridized carbons (Fsp3) is 0.647. The minimum Gasteiger partial charge on any atom is -0.342 e. The van der Waals surface area contributed by atoms with E-state index < -0.39 is 0 Å². The minimum absolute atomic E-state index is 0.186. The summed E-state index contributed by atoms with van der Waals surface area (Å²) < 4.78 is 4.39. The van der Waals surface area contributed by atoms with Crippen molar-refractivity contribution in [2.24, 2.45) is 0 Å². The van der Waals surface area contributed by atoms with E-state index in [4.69, 9.17) is 0 Å². The lowest BCUT2D eigenvalue weighted by atomic mass is 9.95. The Morgan fingerprint density at radius 3 is 2.68 bits per heavy atom. The molecule has 1 aliphatic carbocycles. The van der Waals surface area contributed by atoms with E-state index in [9.17, 15) is 4.79 Å². The molecule has 1 saturated heterocycles. The Morgan fingerprint density at radius 1 is 1.24 bits per heavy atom. The smallest absolute Gasteiger partial charge is 0.236 e. The molecule has 25 heavy (non-hydrogen) atoms. The Hall–Kier alpha value is -2.22. The number of hydrogen-bond acceptors (Lipinski definition) is 5. The molecule has 8 nitrogen and oxygen atoms in total. The summed E-state index contributed by atoms with van der Waals surface area (Å²) in [5, 5.41) is 12.0. The average Bonchev–Trinajstić information content (AvgIpc) is 3.17. The third-order valence-electron chi connectivity index (χ3n) is 5.13. The number of aromatic nitrogens is 5. The zero-order valence-electron chi connectivity index (χ0n) is 14.6. The van der Waals surface area contributed by atoms with E-state index in [0.717, 1.165) is 37.6 Å². The number of likely N-dealkylation sites (N-methyl/N-ethyl adjacent to an activating group) is 1. The van der Waals surface area contributed by atoms with Crippen LogP contribution >= 0.6 is 0 Å². The molecule has 3 heterocycles. The third-order valence-corrected chi connectivity index (χ3v) is 5.13. The van der Waals surface area contributed by atoms with E-state index in [1.165, 1.54) is 12.8 Å². The van der Waals surface area contributed by atoms with Gasteiger partial charge in [-0.05, 0) is 32.7 Å². The zero-order valence-corrected chi connectivity index (χ0v) is 14.6. The highest BCUT2D eigenvalue weighted by Gasteiger charge is 2.34. The Kier molecular flexibility index (Phi) is 4.52. The fourth-order valence-electron chi connectivity index (χ4n) is 3.65. The topological polar surface area (TPSA) is 80.9 Å². The maximum Gasteiger partial charge on any atom is 0.236 e. The van der Waals surface area contributed by atoms with Gasteiger partial charge in [0.2, 0.25) is 5.91 Å². The van der Waals surface area contributed by atoms with Crippen LogP contribution in [0.2, 0.25) is 0 Å². The lowest BCUT2D eigenvalue weighted by Crippen LogP contribution is -2.42. The molecule has 2 aromatic heterocycles. The molecular weight excluding hydrogens is 318 g/mol. The minimum atomic E-state index is 0.186. The van der Waals surface area contributed by atoms with Crippen molar-refractivity contribution in [3.63, 3.8) is 0 Å². The molecule has 0 atom stereocenters. The molecule has 0 bridgehead atoms. The molecule has 1 saturated carbocycles. The summed E-state index contributed by atoms with van der Waals surface area (Å²) in [4.78, 5) is 18.1. The number of hydrogen-bond donors (Lipinski definition) is 1. The number of carbonyl (C=O) groups is 1. The standard InChI is InChI=1S/C17H25N7O/c1-18-10-16(25)23-7-4-13(5-8-23)17-21-20-15(24(17)14-2-3-14)11-22-9-6-19-12-22/h6,9,12-14,18H,2-5,7-8,10-11H2,1H3. The Labute approximate surface area is 147 Å². The van der Waals surface area contributed by atoms with Gasteiger partial charge in [0, 0.05) is 37.4 Å². The number of nitrogens with one attached hydrogen (secondary N) is 1. The van der Waals surface area contributed by atoms with E-state index in [1.807, 2.05) is 29.0 Å². The van der Waals surface area contributed by atoms with E-state index in [0.29, 0.717) is 25.0 Å². The van der Waals surface area contributed by atoms with Crippen LogP contribution in [0.15, 0.2) is 18.7 Å². The second kappa shape index (κ2) is 6.95. The van der Waals surface area contributed by atoms with Crippen molar-refractivity contribution in [2.75, 3.05) is 26.7 Å². The highest BCUT2D eigenvalue weighted by molar-refractivity contribution is 5.78. The van der Waals surface area contributed by atoms with Gasteiger partial charge in [0.1, 0.15) is 5.82 Å². The highest BCUT2D eigenvalue weighted by Crippen LogP contribution is 2.39. The van der Waals surface area contributed by atoms with Gasteiger partial charge in [-0.1, -0.05) is 0 Å². The quantitative estimate of drug-likeness (QED) is 0.838. The van der Waals surface area contributed by atoms with Crippen molar-refractivity contribution in [3.8, 4) is 0 Å². The van der Waals surface area contributed by atoms with Crippen LogP contribution in [-0.4, -0.2) is 61.8 Å². The first-order valence-electron chi connectivity index (χ1n) is 9.08. The summed E-state index contributed by atoms with van der Waals surface area (Å²) in [6, 6.07) is 0.549. The predicted molar refractivity (Wildman–Crippen MR) is 92.1 cm³/mol. The van der Waals surface area contributed by atoms with Gasteiger partial charge < -0.3 is 19.4 Å². The molecule has 0 aromatic carbocycles. The first kappa shape index (κ1) is 16.3. The first-order chi connectivity index (χ1) is 12.3. The van der Waals surface area contributed by atoms with Gasteiger partial charge >= 0.3 is 0 Å². The van der Waals surface area contributed by atoms with E-state index >= 15 is 0 Å². The SMILES string of the molecule is CNCC(=O)N1CCC(c2nnc(Cn3ccnc3)n2C2CC2)CC1. The summed E-state index contributed by atoms with van der Waals surface area (Å²) in [6.45, 7) is 2.74. The maximum atomic E-state index is 12.0. The largest absolute Gasteiger partial charge is 0.342 e. The van der Waals surface area contributed by atoms with Gasteiger partial charge in [-0.15, -0.1) is 10.2 Å². The van der Waals surface area contributed by atoms with Gasteiger partial charge in [0.25, 0.3) is 0 Å². The normalized spacial score (nSPS) is 18.7.